The van der Waals surface area contributed by atoms with E-state index in [0.29, 0.717) is 28.2 Å². The number of fused-ring (bicyclic) bond motifs is 3. The van der Waals surface area contributed by atoms with Crippen LogP contribution in [0.4, 0.5) is 0 Å². The van der Waals surface area contributed by atoms with Crippen molar-refractivity contribution >= 4 is 5.78 Å². The van der Waals surface area contributed by atoms with Crippen LogP contribution < -0.4 is 9.47 Å². The van der Waals surface area contributed by atoms with Gasteiger partial charge in [-0.05, 0) is 43.0 Å². The summed E-state index contributed by atoms with van der Waals surface area (Å²) in [6.07, 6.45) is -2.82. The molecule has 0 aromatic heterocycles. The van der Waals surface area contributed by atoms with Crippen LogP contribution in [-0.4, -0.2) is 37.9 Å². The van der Waals surface area contributed by atoms with E-state index in [-0.39, 0.29) is 12.8 Å². The molecular weight excluding hydrogens is 290 g/mol. The molecule has 4 heteroatoms. The van der Waals surface area contributed by atoms with E-state index in [1.54, 1.807) is 13.0 Å². The molecule has 1 aromatic carbocycles. The number of ether oxygens (including phenoxy) is 2. The number of allylic oxidation sites excluding steroid dienone is 1. The summed E-state index contributed by atoms with van der Waals surface area (Å²) in [5.74, 6) is -2.82. The van der Waals surface area contributed by atoms with E-state index in [1.165, 1.54) is 20.3 Å². The van der Waals surface area contributed by atoms with Gasteiger partial charge in [0.05, 0.1) is 14.2 Å². The molecule has 1 unspecified atom stereocenters. The summed E-state index contributed by atoms with van der Waals surface area (Å²) in [4.78, 5) is 14.2. The molecule has 0 spiro atoms. The number of carbonyl (C=O) groups excluding carboxylic acids is 1. The van der Waals surface area contributed by atoms with E-state index < -0.39 is 37.1 Å². The summed E-state index contributed by atoms with van der Waals surface area (Å²) in [5.41, 5.74) is 1.36. The summed E-state index contributed by atoms with van der Waals surface area (Å²) in [6, 6.07) is 1.81. The van der Waals surface area contributed by atoms with Gasteiger partial charge in [-0.25, -0.2) is 0 Å². The number of nitrogens with zero attached hydrogens (tertiary/aromatic N) is 1. The lowest BCUT2D eigenvalue weighted by atomic mass is 9.81. The molecule has 2 heterocycles. The Hall–Kier alpha value is -1.81. The molecule has 1 fully saturated rings. The maximum Gasteiger partial charge on any atom is 0.161 e. The first-order chi connectivity index (χ1) is 13.3. The van der Waals surface area contributed by atoms with Crippen molar-refractivity contribution < 1.29 is 22.5 Å². The summed E-state index contributed by atoms with van der Waals surface area (Å²) >= 11 is 0. The zero-order valence-electron chi connectivity index (χ0n) is 19.6. The Morgan fingerprint density at radius 2 is 2.13 bits per heavy atom. The van der Waals surface area contributed by atoms with E-state index in [9.17, 15) is 4.79 Å². The van der Waals surface area contributed by atoms with Crippen molar-refractivity contribution in [2.75, 3.05) is 27.2 Å². The monoisotopic (exact) mass is 321 g/mol. The molecule has 0 bridgehead atoms. The van der Waals surface area contributed by atoms with Gasteiger partial charge in [0, 0.05) is 39.6 Å². The highest BCUT2D eigenvalue weighted by Crippen LogP contribution is 2.42. The number of benzene rings is 1. The second kappa shape index (κ2) is 6.36. The standard InChI is InChI=1S/C19H25NO3/c1-12(2)7-14-11-20-6-5-13-8-18(22-3)19(23-4)9-15(13)16(20)10-17(14)21/h8-9,14,16H,1,5-7,10-11H2,2-4H3/t14-,16-/m0/s1/i6D,10D2,11D2,14D/t6?,14-,16-. The quantitative estimate of drug-likeness (QED) is 0.799. The van der Waals surface area contributed by atoms with Crippen LogP contribution in [-0.2, 0) is 11.2 Å². The molecular formula is C19H25NO3. The van der Waals surface area contributed by atoms with E-state index in [1.807, 2.05) is 0 Å². The minimum Gasteiger partial charge on any atom is -0.493 e. The van der Waals surface area contributed by atoms with Crippen LogP contribution in [0.5, 0.6) is 11.5 Å². The Balaban J connectivity index is 2.27. The second-order valence-corrected chi connectivity index (χ2v) is 5.80. The SMILES string of the molecule is [2H]C1Cc2cc(OC)c(OC)cc2[C@H]2N1C([2H])([2H])[C@]([2H])(CC(=C)C)C(=O)C2([2H])[2H]. The van der Waals surface area contributed by atoms with Gasteiger partial charge >= 0.3 is 0 Å². The largest absolute Gasteiger partial charge is 0.493 e. The average molecular weight is 321 g/mol. The van der Waals surface area contributed by atoms with Crippen LogP contribution in [0.1, 0.15) is 45.1 Å². The Morgan fingerprint density at radius 1 is 1.43 bits per heavy atom. The topological polar surface area (TPSA) is 38.8 Å². The molecule has 0 saturated carbocycles. The number of piperidine rings is 1. The van der Waals surface area contributed by atoms with Crippen LogP contribution in [0.25, 0.3) is 0 Å². The molecule has 1 saturated heterocycles. The number of carbonyl (C=O) groups is 1. The highest BCUT2D eigenvalue weighted by atomic mass is 16.5. The maximum absolute atomic E-state index is 13.2. The number of Topliss-reactive ketones (excluding diaryl/α,β-unsaturated/α-hetero) is 1. The lowest BCUT2D eigenvalue weighted by Crippen LogP contribution is -2.46. The normalized spacial score (nSPS) is 38.5. The zero-order chi connectivity index (χ0) is 21.9. The second-order valence-electron chi connectivity index (χ2n) is 5.80. The minimum atomic E-state index is -2.59. The molecule has 0 N–H and O–H groups in total. The maximum atomic E-state index is 13.2. The number of ketones is 1. The van der Waals surface area contributed by atoms with Gasteiger partial charge in [0.1, 0.15) is 5.78 Å². The van der Waals surface area contributed by atoms with Crippen molar-refractivity contribution in [1.29, 1.82) is 0 Å². The van der Waals surface area contributed by atoms with Crippen LogP contribution in [0.2, 0.25) is 0 Å². The van der Waals surface area contributed by atoms with E-state index in [4.69, 9.17) is 17.7 Å². The highest BCUT2D eigenvalue weighted by molar-refractivity contribution is 5.83. The molecule has 3 atom stereocenters. The fourth-order valence-electron chi connectivity index (χ4n) is 2.92. The number of hydrogen-bond donors (Lipinski definition) is 0. The summed E-state index contributed by atoms with van der Waals surface area (Å²) in [5, 5.41) is 0. The van der Waals surface area contributed by atoms with Crippen molar-refractivity contribution in [2.45, 2.75) is 32.2 Å². The fraction of sp³-hybridized carbons (Fsp3) is 0.526. The van der Waals surface area contributed by atoms with Crippen LogP contribution >= 0.6 is 0 Å². The number of hydrogen-bond acceptors (Lipinski definition) is 4. The fourth-order valence-corrected chi connectivity index (χ4v) is 2.92. The molecule has 2 aliphatic heterocycles. The first kappa shape index (κ1) is 10.1. The van der Waals surface area contributed by atoms with Crippen molar-refractivity contribution in [3.8, 4) is 11.5 Å². The van der Waals surface area contributed by atoms with Crippen LogP contribution in [0.15, 0.2) is 24.3 Å². The van der Waals surface area contributed by atoms with Crippen molar-refractivity contribution in [3.05, 3.63) is 35.4 Å². The summed E-state index contributed by atoms with van der Waals surface area (Å²) in [6.45, 7) is 1.50. The molecule has 0 radical (unpaired) electrons. The number of rotatable bonds is 4. The number of aryl methyl sites for hydroxylation is 1. The van der Waals surface area contributed by atoms with Gasteiger partial charge in [0.25, 0.3) is 0 Å². The molecule has 1 aromatic rings. The smallest absolute Gasteiger partial charge is 0.161 e. The first-order valence-corrected chi connectivity index (χ1v) is 7.47. The molecule has 0 aliphatic carbocycles. The predicted octanol–water partition coefficient (Wildman–Crippen LogP) is 3.16. The highest BCUT2D eigenvalue weighted by Gasteiger charge is 2.38. The van der Waals surface area contributed by atoms with Gasteiger partial charge in [-0.2, -0.15) is 0 Å². The van der Waals surface area contributed by atoms with Crippen molar-refractivity contribution in [3.63, 3.8) is 0 Å². The van der Waals surface area contributed by atoms with Gasteiger partial charge in [0.2, 0.25) is 0 Å². The molecule has 0 amide bonds. The Morgan fingerprint density at radius 3 is 2.78 bits per heavy atom. The Bertz CT molecular complexity index is 874. The molecule has 2 aliphatic rings. The summed E-state index contributed by atoms with van der Waals surface area (Å²) < 4.78 is 62.3. The third kappa shape index (κ3) is 3.00. The first-order valence-electron chi connectivity index (χ1n) is 10.6. The molecule has 3 rings (SSSR count). The molecule has 4 nitrogen and oxygen atoms in total. The minimum absolute atomic E-state index is 0.0963. The van der Waals surface area contributed by atoms with Crippen molar-refractivity contribution in [1.82, 2.24) is 4.90 Å². The van der Waals surface area contributed by atoms with Gasteiger partial charge in [-0.3, -0.25) is 9.69 Å². The average Bonchev–Trinajstić information content (AvgIpc) is 2.63. The van der Waals surface area contributed by atoms with E-state index in [2.05, 4.69) is 6.58 Å². The Kier molecular flexibility index (Phi) is 2.80. The predicted molar refractivity (Wildman–Crippen MR) is 90.1 cm³/mol. The van der Waals surface area contributed by atoms with Gasteiger partial charge in [-0.15, -0.1) is 6.58 Å². The van der Waals surface area contributed by atoms with E-state index >= 15 is 0 Å². The third-order valence-corrected chi connectivity index (χ3v) is 4.01. The van der Waals surface area contributed by atoms with Crippen LogP contribution in [0, 0.1) is 5.89 Å². The van der Waals surface area contributed by atoms with E-state index in [0.717, 1.165) is 4.90 Å². The zero-order valence-corrected chi connectivity index (χ0v) is 13.6. The molecule has 23 heavy (non-hydrogen) atoms. The van der Waals surface area contributed by atoms with Gasteiger partial charge in [0.15, 0.2) is 11.5 Å². The third-order valence-electron chi connectivity index (χ3n) is 4.01. The number of methoxy groups -OCH3 is 2. The Labute approximate surface area is 146 Å². The van der Waals surface area contributed by atoms with Gasteiger partial charge in [-0.1, -0.05) is 5.57 Å². The van der Waals surface area contributed by atoms with Crippen molar-refractivity contribution in [2.24, 2.45) is 5.89 Å². The van der Waals surface area contributed by atoms with Gasteiger partial charge < -0.3 is 9.47 Å². The lowest BCUT2D eigenvalue weighted by molar-refractivity contribution is -0.128. The molecule has 124 valence electrons. The summed E-state index contributed by atoms with van der Waals surface area (Å²) in [7, 11) is 2.89. The lowest BCUT2D eigenvalue weighted by Gasteiger charge is -2.43. The van der Waals surface area contributed by atoms with Crippen LogP contribution in [0.3, 0.4) is 0 Å².